The number of hydrogen-bond donors (Lipinski definition) is 3. The van der Waals surface area contributed by atoms with Gasteiger partial charge in [0.15, 0.2) is 5.96 Å². The van der Waals surface area contributed by atoms with Crippen molar-refractivity contribution in [1.29, 1.82) is 0 Å². The molecular weight excluding hydrogens is 280 g/mol. The predicted molar refractivity (Wildman–Crippen MR) is 90.2 cm³/mol. The first-order valence-electron chi connectivity index (χ1n) is 8.22. The molecule has 1 fully saturated rings. The largest absolute Gasteiger partial charge is 0.444 e. The van der Waals surface area contributed by atoms with E-state index in [0.29, 0.717) is 18.5 Å². The fourth-order valence-corrected chi connectivity index (χ4v) is 2.48. The van der Waals surface area contributed by atoms with E-state index >= 15 is 0 Å². The lowest BCUT2D eigenvalue weighted by Gasteiger charge is -2.41. The van der Waals surface area contributed by atoms with Crippen molar-refractivity contribution in [3.05, 3.63) is 0 Å². The second kappa shape index (κ2) is 8.25. The molecule has 0 radical (unpaired) electrons. The van der Waals surface area contributed by atoms with Gasteiger partial charge in [-0.1, -0.05) is 13.3 Å². The molecule has 0 atom stereocenters. The first-order valence-corrected chi connectivity index (χ1v) is 8.22. The molecule has 1 amide bonds. The normalized spacial score (nSPS) is 17.4. The molecule has 1 aliphatic rings. The van der Waals surface area contributed by atoms with Gasteiger partial charge in [-0.05, 0) is 45.4 Å². The highest BCUT2D eigenvalue weighted by atomic mass is 16.6. The maximum Gasteiger partial charge on any atom is 0.407 e. The standard InChI is InChI=1S/C16H32N4O2/c1-6-16(8-7-9-16)12-20-13(17-5)18-10-11-19-14(21)22-15(2,3)4/h6-12H2,1-5H3,(H,19,21)(H2,17,18,20). The van der Waals surface area contributed by atoms with Gasteiger partial charge >= 0.3 is 6.09 Å². The molecule has 128 valence electrons. The van der Waals surface area contributed by atoms with Crippen LogP contribution in [0.2, 0.25) is 0 Å². The first kappa shape index (κ1) is 18.6. The minimum absolute atomic E-state index is 0.392. The van der Waals surface area contributed by atoms with Gasteiger partial charge in [0.1, 0.15) is 5.60 Å². The Kier molecular flexibility index (Phi) is 6.97. The maximum absolute atomic E-state index is 11.5. The fraction of sp³-hybridized carbons (Fsp3) is 0.875. The van der Waals surface area contributed by atoms with Crippen LogP contribution in [0.3, 0.4) is 0 Å². The molecule has 0 aliphatic heterocycles. The van der Waals surface area contributed by atoms with E-state index in [2.05, 4.69) is 27.9 Å². The number of aliphatic imine (C=N–C) groups is 1. The summed E-state index contributed by atoms with van der Waals surface area (Å²) in [5.41, 5.74) is -0.0151. The Bertz CT molecular complexity index is 379. The third-order valence-corrected chi connectivity index (χ3v) is 4.10. The Morgan fingerprint density at radius 1 is 1.18 bits per heavy atom. The van der Waals surface area contributed by atoms with Gasteiger partial charge < -0.3 is 20.7 Å². The molecule has 0 heterocycles. The minimum atomic E-state index is -0.466. The number of carbonyl (C=O) groups is 1. The van der Waals surface area contributed by atoms with Crippen LogP contribution in [-0.4, -0.2) is 44.3 Å². The summed E-state index contributed by atoms with van der Waals surface area (Å²) in [4.78, 5) is 15.7. The lowest BCUT2D eigenvalue weighted by molar-refractivity contribution is 0.0529. The smallest absolute Gasteiger partial charge is 0.407 e. The van der Waals surface area contributed by atoms with Crippen molar-refractivity contribution in [2.24, 2.45) is 10.4 Å². The number of amides is 1. The summed E-state index contributed by atoms with van der Waals surface area (Å²) >= 11 is 0. The third kappa shape index (κ3) is 6.54. The van der Waals surface area contributed by atoms with Crippen molar-refractivity contribution in [3.8, 4) is 0 Å². The quantitative estimate of drug-likeness (QED) is 0.399. The summed E-state index contributed by atoms with van der Waals surface area (Å²) in [7, 11) is 1.76. The molecular formula is C16H32N4O2. The molecule has 1 saturated carbocycles. The van der Waals surface area contributed by atoms with Crippen LogP contribution in [0, 0.1) is 5.41 Å². The molecule has 1 rings (SSSR count). The maximum atomic E-state index is 11.5. The van der Waals surface area contributed by atoms with E-state index in [9.17, 15) is 4.79 Å². The van der Waals surface area contributed by atoms with E-state index in [-0.39, 0.29) is 0 Å². The predicted octanol–water partition coefficient (Wildman–Crippen LogP) is 2.26. The molecule has 0 aromatic heterocycles. The van der Waals surface area contributed by atoms with Crippen LogP contribution in [0.4, 0.5) is 4.79 Å². The van der Waals surface area contributed by atoms with E-state index in [0.717, 1.165) is 12.5 Å². The summed E-state index contributed by atoms with van der Waals surface area (Å²) < 4.78 is 5.18. The van der Waals surface area contributed by atoms with Crippen LogP contribution in [0.15, 0.2) is 4.99 Å². The van der Waals surface area contributed by atoms with Gasteiger partial charge in [-0.2, -0.15) is 0 Å². The number of alkyl carbamates (subject to hydrolysis) is 1. The van der Waals surface area contributed by atoms with E-state index in [4.69, 9.17) is 4.74 Å². The SMILES string of the molecule is CCC1(CNC(=NC)NCCNC(=O)OC(C)(C)C)CCC1. The van der Waals surface area contributed by atoms with Gasteiger partial charge in [0.2, 0.25) is 0 Å². The average molecular weight is 312 g/mol. The zero-order valence-electron chi connectivity index (χ0n) is 14.7. The minimum Gasteiger partial charge on any atom is -0.444 e. The van der Waals surface area contributed by atoms with E-state index in [1.54, 1.807) is 7.05 Å². The number of guanidine groups is 1. The summed E-state index contributed by atoms with van der Waals surface area (Å²) in [6, 6.07) is 0. The third-order valence-electron chi connectivity index (χ3n) is 4.10. The summed E-state index contributed by atoms with van der Waals surface area (Å²) in [6.07, 6.45) is 4.75. The van der Waals surface area contributed by atoms with E-state index < -0.39 is 11.7 Å². The number of carbonyl (C=O) groups excluding carboxylic acids is 1. The van der Waals surface area contributed by atoms with Crippen LogP contribution in [0.25, 0.3) is 0 Å². The van der Waals surface area contributed by atoms with Crippen molar-refractivity contribution in [1.82, 2.24) is 16.0 Å². The number of rotatable bonds is 6. The van der Waals surface area contributed by atoms with Gasteiger partial charge in [-0.25, -0.2) is 4.79 Å². The van der Waals surface area contributed by atoms with Crippen molar-refractivity contribution in [3.63, 3.8) is 0 Å². The van der Waals surface area contributed by atoms with Gasteiger partial charge in [0, 0.05) is 26.7 Å². The molecule has 22 heavy (non-hydrogen) atoms. The van der Waals surface area contributed by atoms with E-state index in [1.807, 2.05) is 20.8 Å². The summed E-state index contributed by atoms with van der Waals surface area (Å²) in [5, 5.41) is 9.30. The zero-order valence-corrected chi connectivity index (χ0v) is 14.7. The Morgan fingerprint density at radius 3 is 2.27 bits per heavy atom. The monoisotopic (exact) mass is 312 g/mol. The molecule has 6 heteroatoms. The molecule has 0 bridgehead atoms. The summed E-state index contributed by atoms with van der Waals surface area (Å²) in [6.45, 7) is 9.86. The number of hydrogen-bond acceptors (Lipinski definition) is 3. The van der Waals surface area contributed by atoms with Crippen LogP contribution in [-0.2, 0) is 4.74 Å². The Balaban J connectivity index is 2.18. The van der Waals surface area contributed by atoms with Crippen molar-refractivity contribution < 1.29 is 9.53 Å². The zero-order chi connectivity index (χ0) is 16.6. The molecule has 6 nitrogen and oxygen atoms in total. The lowest BCUT2D eigenvalue weighted by Crippen LogP contribution is -2.47. The molecule has 3 N–H and O–H groups in total. The lowest BCUT2D eigenvalue weighted by atomic mass is 9.67. The molecule has 0 unspecified atom stereocenters. The fourth-order valence-electron chi connectivity index (χ4n) is 2.48. The van der Waals surface area contributed by atoms with Crippen molar-refractivity contribution in [2.45, 2.75) is 59.0 Å². The van der Waals surface area contributed by atoms with Crippen molar-refractivity contribution >= 4 is 12.1 Å². The highest BCUT2D eigenvalue weighted by Gasteiger charge is 2.34. The number of nitrogens with zero attached hydrogens (tertiary/aromatic N) is 1. The molecule has 1 aliphatic carbocycles. The Hall–Kier alpha value is -1.46. The number of nitrogens with one attached hydrogen (secondary N) is 3. The van der Waals surface area contributed by atoms with Gasteiger partial charge in [0.25, 0.3) is 0 Å². The molecule has 0 saturated heterocycles. The second-order valence-corrected chi connectivity index (χ2v) is 6.99. The topological polar surface area (TPSA) is 74.8 Å². The highest BCUT2D eigenvalue weighted by Crippen LogP contribution is 2.42. The molecule has 0 aromatic carbocycles. The van der Waals surface area contributed by atoms with Crippen LogP contribution in [0.5, 0.6) is 0 Å². The Labute approximate surface area is 134 Å². The molecule has 0 spiro atoms. The average Bonchev–Trinajstić information content (AvgIpc) is 2.38. The van der Waals surface area contributed by atoms with Gasteiger partial charge in [-0.15, -0.1) is 0 Å². The Morgan fingerprint density at radius 2 is 1.82 bits per heavy atom. The summed E-state index contributed by atoms with van der Waals surface area (Å²) in [5.74, 6) is 0.783. The van der Waals surface area contributed by atoms with Crippen LogP contribution >= 0.6 is 0 Å². The van der Waals surface area contributed by atoms with Gasteiger partial charge in [-0.3, -0.25) is 4.99 Å². The highest BCUT2D eigenvalue weighted by molar-refractivity contribution is 5.79. The number of ether oxygens (including phenoxy) is 1. The van der Waals surface area contributed by atoms with Gasteiger partial charge in [0.05, 0.1) is 0 Å². The van der Waals surface area contributed by atoms with E-state index in [1.165, 1.54) is 25.7 Å². The van der Waals surface area contributed by atoms with Crippen LogP contribution in [0.1, 0.15) is 53.4 Å². The molecule has 0 aromatic rings. The second-order valence-electron chi connectivity index (χ2n) is 6.99. The van der Waals surface area contributed by atoms with Crippen LogP contribution < -0.4 is 16.0 Å². The first-order chi connectivity index (χ1) is 10.3. The van der Waals surface area contributed by atoms with Crippen molar-refractivity contribution in [2.75, 3.05) is 26.7 Å².